The fraction of sp³-hybridized carbons (Fsp3) is 0.250. The summed E-state index contributed by atoms with van der Waals surface area (Å²) in [5.74, 6) is 1.46. The largest absolute Gasteiger partial charge is 0.356 e. The van der Waals surface area contributed by atoms with Gasteiger partial charge in [-0.3, -0.25) is 4.72 Å². The van der Waals surface area contributed by atoms with Crippen molar-refractivity contribution in [3.05, 3.63) is 76.8 Å². The maximum Gasteiger partial charge on any atom is 0.255 e. The molecule has 2 N–H and O–H groups in total. The van der Waals surface area contributed by atoms with E-state index in [1.54, 1.807) is 30.3 Å². The first-order valence-electron chi connectivity index (χ1n) is 10.6. The van der Waals surface area contributed by atoms with E-state index in [1.807, 2.05) is 44.2 Å². The highest BCUT2D eigenvalue weighted by Crippen LogP contribution is 2.23. The molecule has 2 heterocycles. The van der Waals surface area contributed by atoms with Crippen LogP contribution in [0.2, 0.25) is 0 Å². The van der Waals surface area contributed by atoms with E-state index in [-0.39, 0.29) is 0 Å². The van der Waals surface area contributed by atoms with Crippen LogP contribution in [0.1, 0.15) is 29.7 Å². The Morgan fingerprint density at radius 2 is 1.56 bits per heavy atom. The first kappa shape index (κ1) is 21.8. The number of aromatic nitrogens is 2. The van der Waals surface area contributed by atoms with Crippen LogP contribution in [-0.4, -0.2) is 31.5 Å². The zero-order chi connectivity index (χ0) is 22.6. The van der Waals surface area contributed by atoms with E-state index < -0.39 is 10.0 Å². The van der Waals surface area contributed by atoms with Crippen LogP contribution in [0.25, 0.3) is 6.08 Å². The molecule has 1 saturated heterocycles. The predicted molar refractivity (Wildman–Crippen MR) is 131 cm³/mol. The van der Waals surface area contributed by atoms with Gasteiger partial charge >= 0.3 is 0 Å². The van der Waals surface area contributed by atoms with E-state index in [4.69, 9.17) is 0 Å². The van der Waals surface area contributed by atoms with Crippen molar-refractivity contribution in [3.63, 3.8) is 0 Å². The van der Waals surface area contributed by atoms with Crippen LogP contribution >= 0.6 is 0 Å². The van der Waals surface area contributed by atoms with E-state index in [0.717, 1.165) is 41.4 Å². The number of rotatable bonds is 7. The molecule has 166 valence electrons. The van der Waals surface area contributed by atoms with Gasteiger partial charge < -0.3 is 10.2 Å². The van der Waals surface area contributed by atoms with Crippen molar-refractivity contribution in [3.8, 4) is 0 Å². The van der Waals surface area contributed by atoms with Crippen LogP contribution < -0.4 is 14.9 Å². The number of sulfonamides is 1. The van der Waals surface area contributed by atoms with Gasteiger partial charge in [-0.2, -0.15) is 4.98 Å². The third-order valence-corrected chi connectivity index (χ3v) is 6.20. The van der Waals surface area contributed by atoms with Gasteiger partial charge in [0.25, 0.3) is 10.0 Å². The van der Waals surface area contributed by atoms with E-state index in [9.17, 15) is 8.42 Å². The maximum absolute atomic E-state index is 12.4. The quantitative estimate of drug-likeness (QED) is 0.536. The smallest absolute Gasteiger partial charge is 0.255 e. The normalized spacial score (nSPS) is 14.1. The van der Waals surface area contributed by atoms with Crippen LogP contribution in [-0.2, 0) is 10.0 Å². The van der Waals surface area contributed by atoms with E-state index >= 15 is 0 Å². The number of aryl methyl sites for hydroxylation is 2. The van der Waals surface area contributed by atoms with Crippen LogP contribution in [0.5, 0.6) is 0 Å². The maximum atomic E-state index is 12.4. The topological polar surface area (TPSA) is 87.2 Å². The summed E-state index contributed by atoms with van der Waals surface area (Å²) >= 11 is 0. The van der Waals surface area contributed by atoms with Gasteiger partial charge in [0.1, 0.15) is 5.82 Å². The summed E-state index contributed by atoms with van der Waals surface area (Å²) in [7, 11) is -3.62. The third kappa shape index (κ3) is 5.85. The van der Waals surface area contributed by atoms with E-state index in [2.05, 4.69) is 24.9 Å². The van der Waals surface area contributed by atoms with Gasteiger partial charge in [0.15, 0.2) is 0 Å². The zero-order valence-corrected chi connectivity index (χ0v) is 19.1. The summed E-state index contributed by atoms with van der Waals surface area (Å²) in [5, 5.41) is 4.38. The molecule has 0 spiro atoms. The number of nitrogens with one attached hydrogen (secondary N) is 2. The second kappa shape index (κ2) is 9.40. The highest BCUT2D eigenvalue weighted by atomic mass is 32.2. The Bertz CT molecular complexity index is 1200. The lowest BCUT2D eigenvalue weighted by Gasteiger charge is -2.17. The zero-order valence-electron chi connectivity index (χ0n) is 18.2. The predicted octanol–water partition coefficient (Wildman–Crippen LogP) is 4.85. The van der Waals surface area contributed by atoms with E-state index in [1.165, 1.54) is 18.2 Å². The molecule has 2 aromatic carbocycles. The Morgan fingerprint density at radius 1 is 0.906 bits per heavy atom. The summed E-state index contributed by atoms with van der Waals surface area (Å²) in [5.41, 5.74) is 4.11. The molecule has 0 saturated carbocycles. The molecule has 0 unspecified atom stereocenters. The molecule has 1 fully saturated rings. The molecule has 0 aliphatic carbocycles. The summed E-state index contributed by atoms with van der Waals surface area (Å²) < 4.78 is 27.3. The molecule has 32 heavy (non-hydrogen) atoms. The van der Waals surface area contributed by atoms with Crippen LogP contribution in [0.15, 0.2) is 60.0 Å². The van der Waals surface area contributed by atoms with Gasteiger partial charge in [0.05, 0.1) is 5.41 Å². The molecule has 1 aliphatic heterocycles. The minimum absolute atomic E-state index is 0.479. The number of hydrogen-bond acceptors (Lipinski definition) is 6. The standard InChI is InChI=1S/C24H27N5O2S/c1-18-5-7-20(8-6-18)13-16-32(30,31)28-22-11-9-21(10-12-22)26-24-25-19(2)17-23(27-24)29-14-3-4-15-29/h5-13,16-17,28H,3-4,14-15H2,1-2H3,(H,25,26,27)/b16-13+. The Balaban J connectivity index is 1.41. The van der Waals surface area contributed by atoms with Gasteiger partial charge in [-0.05, 0) is 62.6 Å². The summed E-state index contributed by atoms with van der Waals surface area (Å²) in [6.45, 7) is 5.97. The minimum Gasteiger partial charge on any atom is -0.356 e. The van der Waals surface area contributed by atoms with Crippen molar-refractivity contribution >= 4 is 39.2 Å². The van der Waals surface area contributed by atoms with Gasteiger partial charge in [-0.1, -0.05) is 29.8 Å². The molecular weight excluding hydrogens is 422 g/mol. The monoisotopic (exact) mass is 449 g/mol. The molecule has 0 radical (unpaired) electrons. The van der Waals surface area contributed by atoms with E-state index in [0.29, 0.717) is 11.6 Å². The molecule has 3 aromatic rings. The number of nitrogens with zero attached hydrogens (tertiary/aromatic N) is 3. The second-order valence-corrected chi connectivity index (χ2v) is 9.51. The molecular formula is C24H27N5O2S. The number of hydrogen-bond donors (Lipinski definition) is 2. The first-order valence-corrected chi connectivity index (χ1v) is 12.2. The lowest BCUT2D eigenvalue weighted by atomic mass is 10.2. The van der Waals surface area contributed by atoms with Gasteiger partial charge in [-0.25, -0.2) is 13.4 Å². The lowest BCUT2D eigenvalue weighted by Crippen LogP contribution is -2.19. The van der Waals surface area contributed by atoms with Crippen molar-refractivity contribution in [2.24, 2.45) is 0 Å². The summed E-state index contributed by atoms with van der Waals surface area (Å²) in [4.78, 5) is 11.4. The van der Waals surface area contributed by atoms with Crippen molar-refractivity contribution in [1.82, 2.24) is 9.97 Å². The Hall–Kier alpha value is -3.39. The molecule has 1 aromatic heterocycles. The van der Waals surface area contributed by atoms with Gasteiger partial charge in [0, 0.05) is 36.2 Å². The highest BCUT2D eigenvalue weighted by molar-refractivity contribution is 7.95. The third-order valence-electron chi connectivity index (χ3n) is 5.19. The lowest BCUT2D eigenvalue weighted by molar-refractivity contribution is 0.609. The van der Waals surface area contributed by atoms with Crippen LogP contribution in [0.3, 0.4) is 0 Å². The average molecular weight is 450 g/mol. The highest BCUT2D eigenvalue weighted by Gasteiger charge is 2.15. The van der Waals surface area contributed by atoms with Crippen LogP contribution in [0, 0.1) is 13.8 Å². The SMILES string of the molecule is Cc1ccc(/C=C/S(=O)(=O)Nc2ccc(Nc3nc(C)cc(N4CCCC4)n3)cc2)cc1. The Kier molecular flexibility index (Phi) is 6.41. The van der Waals surface area contributed by atoms with Crippen molar-refractivity contribution < 1.29 is 8.42 Å². The summed E-state index contributed by atoms with van der Waals surface area (Å²) in [6, 6.07) is 16.6. The van der Waals surface area contributed by atoms with Crippen molar-refractivity contribution in [1.29, 1.82) is 0 Å². The fourth-order valence-corrected chi connectivity index (χ4v) is 4.38. The number of anilines is 4. The Labute approximate surface area is 189 Å². The van der Waals surface area contributed by atoms with Gasteiger partial charge in [0.2, 0.25) is 5.95 Å². The summed E-state index contributed by atoms with van der Waals surface area (Å²) in [6.07, 6.45) is 3.94. The van der Waals surface area contributed by atoms with Crippen molar-refractivity contribution in [2.45, 2.75) is 26.7 Å². The molecule has 7 nitrogen and oxygen atoms in total. The molecule has 4 rings (SSSR count). The molecule has 0 amide bonds. The minimum atomic E-state index is -3.62. The average Bonchev–Trinajstić information content (AvgIpc) is 3.29. The fourth-order valence-electron chi connectivity index (χ4n) is 3.51. The molecule has 8 heteroatoms. The molecule has 0 atom stereocenters. The van der Waals surface area contributed by atoms with Crippen molar-refractivity contribution in [2.75, 3.05) is 28.0 Å². The van der Waals surface area contributed by atoms with Gasteiger partial charge in [-0.15, -0.1) is 0 Å². The second-order valence-electron chi connectivity index (χ2n) is 7.95. The molecule has 1 aliphatic rings. The first-order chi connectivity index (χ1) is 15.4. The van der Waals surface area contributed by atoms with Crippen LogP contribution in [0.4, 0.5) is 23.1 Å². The number of benzene rings is 2. The Morgan fingerprint density at radius 3 is 2.25 bits per heavy atom. The molecule has 0 bridgehead atoms.